The zero-order valence-corrected chi connectivity index (χ0v) is 12.2. The minimum Gasteiger partial charge on any atom is -0.469 e. The van der Waals surface area contributed by atoms with E-state index in [1.54, 1.807) is 24.3 Å². The fourth-order valence-electron chi connectivity index (χ4n) is 1.83. The molecule has 0 heterocycles. The van der Waals surface area contributed by atoms with Crippen LogP contribution in [-0.2, 0) is 20.9 Å². The predicted molar refractivity (Wildman–Crippen MR) is 81.2 cm³/mol. The molecule has 0 saturated heterocycles. The van der Waals surface area contributed by atoms with Gasteiger partial charge in [0, 0.05) is 6.54 Å². The Morgan fingerprint density at radius 3 is 2.18 bits per heavy atom. The molecule has 0 aliphatic carbocycles. The van der Waals surface area contributed by atoms with Crippen molar-refractivity contribution in [3.63, 3.8) is 0 Å². The molecule has 2 rings (SSSR count). The first-order chi connectivity index (χ1) is 10.7. The number of esters is 1. The topological polar surface area (TPSA) is 64.6 Å². The van der Waals surface area contributed by atoms with Crippen LogP contribution in [0.3, 0.4) is 0 Å². The van der Waals surface area contributed by atoms with E-state index in [4.69, 9.17) is 4.74 Å². The second-order valence-corrected chi connectivity index (χ2v) is 4.54. The van der Waals surface area contributed by atoms with Gasteiger partial charge in [0.1, 0.15) is 5.75 Å². The molecule has 1 atom stereocenters. The van der Waals surface area contributed by atoms with Crippen LogP contribution in [0.15, 0.2) is 60.7 Å². The summed E-state index contributed by atoms with van der Waals surface area (Å²) in [5.74, 6) is -0.860. The van der Waals surface area contributed by atoms with Crippen molar-refractivity contribution in [2.45, 2.75) is 12.6 Å². The van der Waals surface area contributed by atoms with Gasteiger partial charge in [-0.1, -0.05) is 48.5 Å². The lowest BCUT2D eigenvalue weighted by Crippen LogP contribution is -2.44. The predicted octanol–water partition coefficient (Wildman–Crippen LogP) is 1.92. The molecule has 0 saturated carbocycles. The summed E-state index contributed by atoms with van der Waals surface area (Å²) in [6.45, 7) is 0.311. The number of methoxy groups -OCH3 is 1. The molecule has 0 bridgehead atoms. The normalized spacial score (nSPS) is 11.3. The van der Waals surface area contributed by atoms with Crippen molar-refractivity contribution in [1.29, 1.82) is 0 Å². The van der Waals surface area contributed by atoms with Crippen molar-refractivity contribution in [2.24, 2.45) is 0 Å². The number of nitrogens with one attached hydrogen (secondary N) is 1. The third-order valence-electron chi connectivity index (χ3n) is 2.96. The average Bonchev–Trinajstić information content (AvgIpc) is 2.58. The lowest BCUT2D eigenvalue weighted by molar-refractivity contribution is -0.154. The van der Waals surface area contributed by atoms with Crippen molar-refractivity contribution < 1.29 is 19.1 Å². The molecule has 1 N–H and O–H groups in total. The number of rotatable bonds is 6. The van der Waals surface area contributed by atoms with Gasteiger partial charge in [0.05, 0.1) is 7.11 Å². The Kier molecular flexibility index (Phi) is 5.54. The van der Waals surface area contributed by atoms with E-state index in [9.17, 15) is 9.59 Å². The molecular weight excluding hydrogens is 282 g/mol. The minimum absolute atomic E-state index is 0.311. The van der Waals surface area contributed by atoms with Gasteiger partial charge in [0.25, 0.3) is 12.0 Å². The lowest BCUT2D eigenvalue weighted by atomic mass is 10.2. The van der Waals surface area contributed by atoms with Crippen molar-refractivity contribution >= 4 is 11.9 Å². The SMILES string of the molecule is COC(=O)C(Oc1ccccc1)C(=O)NCc1ccccc1. The van der Waals surface area contributed by atoms with Crippen LogP contribution >= 0.6 is 0 Å². The Bertz CT molecular complexity index is 613. The molecule has 0 spiro atoms. The van der Waals surface area contributed by atoms with E-state index in [1.165, 1.54) is 7.11 Å². The fraction of sp³-hybridized carbons (Fsp3) is 0.176. The second kappa shape index (κ2) is 7.83. The summed E-state index contributed by atoms with van der Waals surface area (Å²) in [7, 11) is 1.22. The average molecular weight is 299 g/mol. The molecule has 1 amide bonds. The lowest BCUT2D eigenvalue weighted by Gasteiger charge is -2.16. The van der Waals surface area contributed by atoms with Gasteiger partial charge in [-0.05, 0) is 17.7 Å². The Morgan fingerprint density at radius 2 is 1.59 bits per heavy atom. The summed E-state index contributed by atoms with van der Waals surface area (Å²) < 4.78 is 10.1. The van der Waals surface area contributed by atoms with E-state index in [-0.39, 0.29) is 0 Å². The van der Waals surface area contributed by atoms with Gasteiger partial charge in [0.15, 0.2) is 0 Å². The molecule has 1 unspecified atom stereocenters. The van der Waals surface area contributed by atoms with E-state index >= 15 is 0 Å². The van der Waals surface area contributed by atoms with Gasteiger partial charge in [-0.3, -0.25) is 4.79 Å². The largest absolute Gasteiger partial charge is 0.469 e. The molecule has 0 aliphatic rings. The molecule has 0 fully saturated rings. The maximum Gasteiger partial charge on any atom is 0.357 e. The number of ether oxygens (including phenoxy) is 2. The van der Waals surface area contributed by atoms with Crippen molar-refractivity contribution in [3.05, 3.63) is 66.2 Å². The van der Waals surface area contributed by atoms with E-state index in [0.29, 0.717) is 12.3 Å². The van der Waals surface area contributed by atoms with Crippen LogP contribution in [0, 0.1) is 0 Å². The smallest absolute Gasteiger partial charge is 0.357 e. The van der Waals surface area contributed by atoms with Crippen molar-refractivity contribution in [1.82, 2.24) is 5.32 Å². The second-order valence-electron chi connectivity index (χ2n) is 4.54. The quantitative estimate of drug-likeness (QED) is 0.654. The minimum atomic E-state index is -1.34. The number of hydrogen-bond donors (Lipinski definition) is 1. The highest BCUT2D eigenvalue weighted by atomic mass is 16.6. The van der Waals surface area contributed by atoms with Gasteiger partial charge in [0.2, 0.25) is 0 Å². The summed E-state index contributed by atoms with van der Waals surface area (Å²) in [6, 6.07) is 18.1. The van der Waals surface area contributed by atoms with Crippen LogP contribution in [0.1, 0.15) is 5.56 Å². The van der Waals surface area contributed by atoms with E-state index in [0.717, 1.165) is 5.56 Å². The Morgan fingerprint density at radius 1 is 1.00 bits per heavy atom. The molecule has 0 aromatic heterocycles. The van der Waals surface area contributed by atoms with Crippen LogP contribution in [0.5, 0.6) is 5.75 Å². The van der Waals surface area contributed by atoms with E-state index in [1.807, 2.05) is 36.4 Å². The third kappa shape index (κ3) is 4.34. The molecule has 114 valence electrons. The van der Waals surface area contributed by atoms with Crippen LogP contribution in [0.25, 0.3) is 0 Å². The Balaban J connectivity index is 2.02. The molecule has 2 aromatic carbocycles. The highest BCUT2D eigenvalue weighted by Gasteiger charge is 2.29. The zero-order valence-electron chi connectivity index (χ0n) is 12.2. The molecule has 5 nitrogen and oxygen atoms in total. The summed E-state index contributed by atoms with van der Waals surface area (Å²) in [4.78, 5) is 23.9. The third-order valence-corrected chi connectivity index (χ3v) is 2.96. The molecule has 2 aromatic rings. The van der Waals surface area contributed by atoms with Crippen molar-refractivity contribution in [3.8, 4) is 5.75 Å². The van der Waals surface area contributed by atoms with Gasteiger partial charge in [-0.2, -0.15) is 0 Å². The number of para-hydroxylation sites is 1. The standard InChI is InChI=1S/C17H17NO4/c1-21-17(20)15(22-14-10-6-3-7-11-14)16(19)18-12-13-8-4-2-5-9-13/h2-11,15H,12H2,1H3,(H,18,19). The highest BCUT2D eigenvalue weighted by molar-refractivity contribution is 6.01. The van der Waals surface area contributed by atoms with Gasteiger partial charge in [-0.15, -0.1) is 0 Å². The number of amides is 1. The first-order valence-electron chi connectivity index (χ1n) is 6.82. The van der Waals surface area contributed by atoms with E-state index in [2.05, 4.69) is 10.1 Å². The maximum absolute atomic E-state index is 12.2. The summed E-state index contributed by atoms with van der Waals surface area (Å²) >= 11 is 0. The van der Waals surface area contributed by atoms with Gasteiger partial charge >= 0.3 is 5.97 Å². The zero-order chi connectivity index (χ0) is 15.8. The number of carbonyl (C=O) groups excluding carboxylic acids is 2. The summed E-state index contributed by atoms with van der Waals surface area (Å²) in [6.07, 6.45) is -1.34. The molecule has 5 heteroatoms. The molecule has 0 radical (unpaired) electrons. The maximum atomic E-state index is 12.2. The number of benzene rings is 2. The van der Waals surface area contributed by atoms with E-state index < -0.39 is 18.0 Å². The summed E-state index contributed by atoms with van der Waals surface area (Å²) in [5, 5.41) is 2.67. The first-order valence-corrected chi connectivity index (χ1v) is 6.82. The summed E-state index contributed by atoms with van der Waals surface area (Å²) in [5.41, 5.74) is 0.930. The Labute approximate surface area is 128 Å². The Hall–Kier alpha value is -2.82. The number of hydrogen-bond acceptors (Lipinski definition) is 4. The highest BCUT2D eigenvalue weighted by Crippen LogP contribution is 2.12. The van der Waals surface area contributed by atoms with Crippen LogP contribution in [0.2, 0.25) is 0 Å². The first kappa shape index (κ1) is 15.6. The fourth-order valence-corrected chi connectivity index (χ4v) is 1.83. The van der Waals surface area contributed by atoms with Gasteiger partial charge in [-0.25, -0.2) is 4.79 Å². The molecule has 22 heavy (non-hydrogen) atoms. The van der Waals surface area contributed by atoms with Crippen LogP contribution in [-0.4, -0.2) is 25.1 Å². The van der Waals surface area contributed by atoms with Gasteiger partial charge < -0.3 is 14.8 Å². The monoisotopic (exact) mass is 299 g/mol. The molecule has 0 aliphatic heterocycles. The van der Waals surface area contributed by atoms with Crippen LogP contribution < -0.4 is 10.1 Å². The molecular formula is C17H17NO4. The number of carbonyl (C=O) groups is 2. The van der Waals surface area contributed by atoms with Crippen molar-refractivity contribution in [2.75, 3.05) is 7.11 Å². The van der Waals surface area contributed by atoms with Crippen LogP contribution in [0.4, 0.5) is 0 Å².